The van der Waals surface area contributed by atoms with Gasteiger partial charge in [-0.1, -0.05) is 28.9 Å². The Morgan fingerprint density at radius 3 is 2.97 bits per heavy atom. The number of alkyl halides is 2. The van der Waals surface area contributed by atoms with E-state index in [1.54, 1.807) is 18.5 Å². The van der Waals surface area contributed by atoms with Crippen LogP contribution in [0.2, 0.25) is 5.02 Å². The Labute approximate surface area is 202 Å². The number of nitrogens with zero attached hydrogens (tertiary/aromatic N) is 5. The lowest BCUT2D eigenvalue weighted by Crippen LogP contribution is -2.12. The molecular weight excluding hydrogens is 486 g/mol. The molecule has 174 valence electrons. The number of carbonyl (C=O) groups excluding carboxylic acids is 1. The molecule has 0 aliphatic rings. The van der Waals surface area contributed by atoms with Gasteiger partial charge in [0.2, 0.25) is 0 Å². The second-order valence-corrected chi connectivity index (χ2v) is 8.59. The van der Waals surface area contributed by atoms with E-state index in [0.717, 1.165) is 11.3 Å². The van der Waals surface area contributed by atoms with E-state index in [-0.39, 0.29) is 32.6 Å². The Balaban J connectivity index is 1.77. The van der Waals surface area contributed by atoms with Crippen LogP contribution in [0.15, 0.2) is 42.9 Å². The number of amides is 1. The van der Waals surface area contributed by atoms with E-state index in [4.69, 9.17) is 11.6 Å². The lowest BCUT2D eigenvalue weighted by atomic mass is 10.1. The van der Waals surface area contributed by atoms with Crippen molar-refractivity contribution >= 4 is 39.5 Å². The van der Waals surface area contributed by atoms with Crippen molar-refractivity contribution in [2.45, 2.75) is 6.61 Å². The van der Waals surface area contributed by atoms with Gasteiger partial charge >= 0.3 is 6.61 Å². The number of rotatable bonds is 6. The first-order chi connectivity index (χ1) is 16.3. The minimum Gasteiger partial charge on any atom is -0.434 e. The van der Waals surface area contributed by atoms with E-state index < -0.39 is 12.5 Å². The summed E-state index contributed by atoms with van der Waals surface area (Å²) >= 11 is 7.23. The predicted octanol–water partition coefficient (Wildman–Crippen LogP) is 4.27. The minimum absolute atomic E-state index is 0.134. The third-order valence-corrected chi connectivity index (χ3v) is 5.50. The highest BCUT2D eigenvalue weighted by atomic mass is 35.5. The molecule has 1 N–H and O–H groups in total. The van der Waals surface area contributed by atoms with Crippen molar-refractivity contribution in [3.8, 4) is 28.8 Å². The Morgan fingerprint density at radius 1 is 1.38 bits per heavy atom. The molecule has 1 aromatic carbocycles. The van der Waals surface area contributed by atoms with Gasteiger partial charge in [0.1, 0.15) is 22.0 Å². The van der Waals surface area contributed by atoms with Crippen molar-refractivity contribution in [1.29, 1.82) is 0 Å². The third-order valence-electron chi connectivity index (χ3n) is 4.38. The second kappa shape index (κ2) is 10.1. The number of carbonyl (C=O) groups is 1. The molecule has 4 rings (SSSR count). The molecular formula is C22H17ClF2N6O2S. The SMILES string of the molecule is CN(C)CC#Cc1nc(-c2cc(Cl)ccc2OC(F)F)c(NC(=O)c2cnn3cccnc23)s1. The van der Waals surface area contributed by atoms with Crippen LogP contribution in [0.25, 0.3) is 16.9 Å². The summed E-state index contributed by atoms with van der Waals surface area (Å²) in [5.74, 6) is 5.27. The number of anilines is 1. The molecule has 4 aromatic rings. The molecule has 0 unspecified atom stereocenters. The van der Waals surface area contributed by atoms with Crippen LogP contribution in [0.4, 0.5) is 13.8 Å². The van der Waals surface area contributed by atoms with Gasteiger partial charge in [0.05, 0.1) is 12.7 Å². The average molecular weight is 503 g/mol. The number of ether oxygens (including phenoxy) is 1. The number of hydrogen-bond acceptors (Lipinski definition) is 7. The van der Waals surface area contributed by atoms with E-state index in [1.807, 2.05) is 19.0 Å². The van der Waals surface area contributed by atoms with Gasteiger partial charge < -0.3 is 10.1 Å². The van der Waals surface area contributed by atoms with Gasteiger partial charge in [-0.2, -0.15) is 13.9 Å². The van der Waals surface area contributed by atoms with Gasteiger partial charge in [0.15, 0.2) is 10.7 Å². The van der Waals surface area contributed by atoms with Crippen molar-refractivity contribution in [3.05, 3.63) is 58.4 Å². The van der Waals surface area contributed by atoms with Crippen LogP contribution in [0.5, 0.6) is 5.75 Å². The van der Waals surface area contributed by atoms with Crippen LogP contribution >= 0.6 is 22.9 Å². The van der Waals surface area contributed by atoms with Crippen molar-refractivity contribution in [3.63, 3.8) is 0 Å². The number of halogens is 3. The van der Waals surface area contributed by atoms with Crippen molar-refractivity contribution < 1.29 is 18.3 Å². The van der Waals surface area contributed by atoms with Gasteiger partial charge in [-0.3, -0.25) is 9.69 Å². The monoisotopic (exact) mass is 502 g/mol. The quantitative estimate of drug-likeness (QED) is 0.396. The standard InChI is InChI=1S/C22H17ClF2N6O2S/c1-30(2)9-3-5-17-28-18(14-11-13(23)6-7-16(14)33-22(24)25)21(34-17)29-20(32)15-12-27-31-10-4-8-26-19(15)31/h4,6-8,10-12,22H,9H2,1-2H3,(H,29,32). The Hall–Kier alpha value is -3.59. The zero-order valence-electron chi connectivity index (χ0n) is 17.9. The molecule has 0 saturated heterocycles. The first kappa shape index (κ1) is 23.6. The van der Waals surface area contributed by atoms with Crippen molar-refractivity contribution in [1.82, 2.24) is 24.5 Å². The molecule has 0 saturated carbocycles. The van der Waals surface area contributed by atoms with Gasteiger partial charge in [0, 0.05) is 23.0 Å². The number of thiazole rings is 1. The molecule has 34 heavy (non-hydrogen) atoms. The van der Waals surface area contributed by atoms with E-state index in [2.05, 4.69) is 37.0 Å². The fraction of sp³-hybridized carbons (Fsp3) is 0.182. The highest BCUT2D eigenvalue weighted by Gasteiger charge is 2.22. The number of nitrogens with one attached hydrogen (secondary N) is 1. The molecule has 3 heterocycles. The highest BCUT2D eigenvalue weighted by molar-refractivity contribution is 7.17. The number of aromatic nitrogens is 4. The normalized spacial score (nSPS) is 11.0. The summed E-state index contributed by atoms with van der Waals surface area (Å²) in [5.41, 5.74) is 0.991. The summed E-state index contributed by atoms with van der Waals surface area (Å²) < 4.78 is 32.2. The van der Waals surface area contributed by atoms with E-state index in [0.29, 0.717) is 17.2 Å². The molecule has 1 amide bonds. The summed E-state index contributed by atoms with van der Waals surface area (Å²) in [4.78, 5) is 23.6. The molecule has 12 heteroatoms. The zero-order valence-corrected chi connectivity index (χ0v) is 19.5. The maximum Gasteiger partial charge on any atom is 0.387 e. The number of hydrogen-bond donors (Lipinski definition) is 1. The molecule has 0 aliphatic carbocycles. The summed E-state index contributed by atoms with van der Waals surface area (Å²) in [6, 6.07) is 5.88. The van der Waals surface area contributed by atoms with Crippen LogP contribution in [-0.4, -0.2) is 57.6 Å². The number of benzene rings is 1. The van der Waals surface area contributed by atoms with E-state index in [1.165, 1.54) is 28.9 Å². The lowest BCUT2D eigenvalue weighted by Gasteiger charge is -2.11. The fourth-order valence-corrected chi connectivity index (χ4v) is 3.98. The lowest BCUT2D eigenvalue weighted by molar-refractivity contribution is -0.0494. The predicted molar refractivity (Wildman–Crippen MR) is 126 cm³/mol. The largest absolute Gasteiger partial charge is 0.434 e. The smallest absolute Gasteiger partial charge is 0.387 e. The number of fused-ring (bicyclic) bond motifs is 1. The average Bonchev–Trinajstić information content (AvgIpc) is 3.38. The summed E-state index contributed by atoms with van der Waals surface area (Å²) in [6.07, 6.45) is 4.60. The summed E-state index contributed by atoms with van der Waals surface area (Å²) in [5, 5.41) is 7.85. The molecule has 0 bridgehead atoms. The molecule has 0 radical (unpaired) electrons. The molecule has 0 fully saturated rings. The highest BCUT2D eigenvalue weighted by Crippen LogP contribution is 2.40. The van der Waals surface area contributed by atoms with Crippen LogP contribution in [0.3, 0.4) is 0 Å². The Morgan fingerprint density at radius 2 is 2.21 bits per heavy atom. The Kier molecular flexibility index (Phi) is 7.02. The van der Waals surface area contributed by atoms with E-state index >= 15 is 0 Å². The topological polar surface area (TPSA) is 84.6 Å². The van der Waals surface area contributed by atoms with Crippen LogP contribution in [0.1, 0.15) is 15.4 Å². The molecule has 8 nitrogen and oxygen atoms in total. The maximum absolute atomic E-state index is 13.1. The summed E-state index contributed by atoms with van der Waals surface area (Å²) in [6.45, 7) is -2.57. The summed E-state index contributed by atoms with van der Waals surface area (Å²) in [7, 11) is 3.75. The third kappa shape index (κ3) is 5.31. The first-order valence-electron chi connectivity index (χ1n) is 9.80. The fourth-order valence-electron chi connectivity index (χ4n) is 2.96. The zero-order chi connectivity index (χ0) is 24.2. The van der Waals surface area contributed by atoms with Gasteiger partial charge in [-0.15, -0.1) is 0 Å². The van der Waals surface area contributed by atoms with Crippen molar-refractivity contribution in [2.24, 2.45) is 0 Å². The van der Waals surface area contributed by atoms with Crippen molar-refractivity contribution in [2.75, 3.05) is 26.0 Å². The minimum atomic E-state index is -3.05. The van der Waals surface area contributed by atoms with Crippen LogP contribution < -0.4 is 10.1 Å². The van der Waals surface area contributed by atoms with Gasteiger partial charge in [-0.05, 0) is 44.3 Å². The molecule has 0 aliphatic heterocycles. The molecule has 3 aromatic heterocycles. The first-order valence-corrected chi connectivity index (χ1v) is 11.0. The van der Waals surface area contributed by atoms with Gasteiger partial charge in [0.25, 0.3) is 5.91 Å². The molecule has 0 spiro atoms. The van der Waals surface area contributed by atoms with Gasteiger partial charge in [-0.25, -0.2) is 14.5 Å². The Bertz CT molecular complexity index is 1410. The molecule has 0 atom stereocenters. The maximum atomic E-state index is 13.1. The van der Waals surface area contributed by atoms with E-state index in [9.17, 15) is 13.6 Å². The van der Waals surface area contributed by atoms with Crippen LogP contribution in [-0.2, 0) is 0 Å². The van der Waals surface area contributed by atoms with Crippen LogP contribution in [0, 0.1) is 11.8 Å². The second-order valence-electron chi connectivity index (χ2n) is 7.16.